The van der Waals surface area contributed by atoms with Crippen LogP contribution in [0, 0.1) is 0 Å². The number of rotatable bonds is 4. The van der Waals surface area contributed by atoms with E-state index in [2.05, 4.69) is 30.8 Å². The van der Waals surface area contributed by atoms with Gasteiger partial charge in [0.25, 0.3) is 0 Å². The van der Waals surface area contributed by atoms with Crippen LogP contribution < -0.4 is 10.4 Å². The summed E-state index contributed by atoms with van der Waals surface area (Å²) >= 11 is 0. The first kappa shape index (κ1) is 11.7. The molecule has 2 aromatic carbocycles. The molecule has 0 saturated heterocycles. The van der Waals surface area contributed by atoms with Crippen molar-refractivity contribution >= 4 is 19.4 Å². The second kappa shape index (κ2) is 5.50. The molecule has 0 aliphatic rings. The maximum Gasteiger partial charge on any atom is 0.352 e. The van der Waals surface area contributed by atoms with Crippen molar-refractivity contribution < 1.29 is 4.43 Å². The predicted molar refractivity (Wildman–Crippen MR) is 73.8 cm³/mol. The summed E-state index contributed by atoms with van der Waals surface area (Å²) in [5.41, 5.74) is 0. The number of hydrogen-bond acceptors (Lipinski definition) is 1. The molecule has 0 bridgehead atoms. The van der Waals surface area contributed by atoms with Gasteiger partial charge in [-0.3, -0.25) is 0 Å². The highest BCUT2D eigenvalue weighted by Gasteiger charge is 2.20. The SMILES string of the molecule is C=C(C)O[Si](c1ccccc1)c1ccccc1. The van der Waals surface area contributed by atoms with Crippen LogP contribution in [0.15, 0.2) is 73.0 Å². The zero-order chi connectivity index (χ0) is 12.1. The third kappa shape index (κ3) is 3.08. The van der Waals surface area contributed by atoms with Gasteiger partial charge < -0.3 is 4.43 Å². The molecular formula is C15H15OSi. The van der Waals surface area contributed by atoms with Crippen LogP contribution in [0.1, 0.15) is 6.92 Å². The molecular weight excluding hydrogens is 224 g/mol. The van der Waals surface area contributed by atoms with Gasteiger partial charge in [0.15, 0.2) is 0 Å². The number of hydrogen-bond donors (Lipinski definition) is 0. The molecule has 0 aliphatic carbocycles. The molecule has 0 amide bonds. The molecule has 0 fully saturated rings. The Hall–Kier alpha value is -1.80. The normalized spacial score (nSPS) is 10.2. The Balaban J connectivity index is 2.36. The van der Waals surface area contributed by atoms with Crippen molar-refractivity contribution in [3.63, 3.8) is 0 Å². The van der Waals surface area contributed by atoms with Crippen molar-refractivity contribution in [3.05, 3.63) is 73.0 Å². The van der Waals surface area contributed by atoms with Crippen molar-refractivity contribution in [3.8, 4) is 0 Å². The fourth-order valence-electron chi connectivity index (χ4n) is 1.64. The molecule has 85 valence electrons. The summed E-state index contributed by atoms with van der Waals surface area (Å²) in [6, 6.07) is 20.7. The van der Waals surface area contributed by atoms with E-state index in [4.69, 9.17) is 4.43 Å². The Kier molecular flexibility index (Phi) is 3.78. The minimum Gasteiger partial charge on any atom is -0.537 e. The van der Waals surface area contributed by atoms with Crippen LogP contribution in [0.5, 0.6) is 0 Å². The largest absolute Gasteiger partial charge is 0.537 e. The summed E-state index contributed by atoms with van der Waals surface area (Å²) in [7, 11) is -1.20. The topological polar surface area (TPSA) is 9.23 Å². The summed E-state index contributed by atoms with van der Waals surface area (Å²) in [6.07, 6.45) is 0. The molecule has 0 heterocycles. The van der Waals surface area contributed by atoms with Gasteiger partial charge in [0.2, 0.25) is 0 Å². The summed E-state index contributed by atoms with van der Waals surface area (Å²) in [6.45, 7) is 5.75. The van der Waals surface area contributed by atoms with Crippen LogP contribution in [0.3, 0.4) is 0 Å². The molecule has 0 unspecified atom stereocenters. The molecule has 0 saturated carbocycles. The van der Waals surface area contributed by atoms with Crippen molar-refractivity contribution in [2.45, 2.75) is 6.92 Å². The van der Waals surface area contributed by atoms with E-state index in [-0.39, 0.29) is 0 Å². The zero-order valence-electron chi connectivity index (χ0n) is 9.89. The Morgan fingerprint density at radius 2 is 1.29 bits per heavy atom. The predicted octanol–water partition coefficient (Wildman–Crippen LogP) is 2.34. The van der Waals surface area contributed by atoms with E-state index in [1.54, 1.807) is 0 Å². The van der Waals surface area contributed by atoms with Crippen LogP contribution in [0.2, 0.25) is 0 Å². The van der Waals surface area contributed by atoms with Crippen LogP contribution in [0.4, 0.5) is 0 Å². The standard InChI is InChI=1S/C15H15OSi/c1-13(2)16-17(14-9-5-3-6-10-14)15-11-7-4-8-12-15/h3-12H,1H2,2H3. The Bertz CT molecular complexity index is 439. The summed E-state index contributed by atoms with van der Waals surface area (Å²) in [4.78, 5) is 0. The fourth-order valence-corrected chi connectivity index (χ4v) is 3.55. The maximum atomic E-state index is 5.93. The van der Waals surface area contributed by atoms with Crippen molar-refractivity contribution in [2.24, 2.45) is 0 Å². The van der Waals surface area contributed by atoms with E-state index in [1.807, 2.05) is 43.3 Å². The first-order chi connectivity index (χ1) is 8.27. The van der Waals surface area contributed by atoms with E-state index in [0.29, 0.717) is 0 Å². The lowest BCUT2D eigenvalue weighted by Gasteiger charge is -2.16. The second-order valence-electron chi connectivity index (χ2n) is 3.87. The highest BCUT2D eigenvalue weighted by Crippen LogP contribution is 1.99. The fraction of sp³-hybridized carbons (Fsp3) is 0.0667. The maximum absolute atomic E-state index is 5.93. The van der Waals surface area contributed by atoms with Crippen LogP contribution in [-0.2, 0) is 4.43 Å². The molecule has 0 N–H and O–H groups in total. The Labute approximate surface area is 104 Å². The monoisotopic (exact) mass is 239 g/mol. The highest BCUT2D eigenvalue weighted by atomic mass is 28.3. The highest BCUT2D eigenvalue weighted by molar-refractivity contribution is 6.80. The van der Waals surface area contributed by atoms with E-state index in [1.165, 1.54) is 10.4 Å². The summed E-state index contributed by atoms with van der Waals surface area (Å²) < 4.78 is 5.93. The molecule has 0 aromatic heterocycles. The van der Waals surface area contributed by atoms with Gasteiger partial charge in [-0.25, -0.2) is 0 Å². The van der Waals surface area contributed by atoms with Gasteiger partial charge in [-0.15, -0.1) is 0 Å². The minimum atomic E-state index is -1.20. The van der Waals surface area contributed by atoms with Crippen molar-refractivity contribution in [1.29, 1.82) is 0 Å². The van der Waals surface area contributed by atoms with Gasteiger partial charge in [-0.05, 0) is 17.3 Å². The van der Waals surface area contributed by atoms with Crippen molar-refractivity contribution in [2.75, 3.05) is 0 Å². The first-order valence-electron chi connectivity index (χ1n) is 5.58. The van der Waals surface area contributed by atoms with Crippen LogP contribution in [-0.4, -0.2) is 9.04 Å². The zero-order valence-corrected chi connectivity index (χ0v) is 10.9. The van der Waals surface area contributed by atoms with Gasteiger partial charge >= 0.3 is 9.04 Å². The smallest absolute Gasteiger partial charge is 0.352 e. The van der Waals surface area contributed by atoms with Gasteiger partial charge in [-0.2, -0.15) is 0 Å². The minimum absolute atomic E-state index is 0.770. The molecule has 0 aliphatic heterocycles. The van der Waals surface area contributed by atoms with Gasteiger partial charge in [0.1, 0.15) is 0 Å². The van der Waals surface area contributed by atoms with Gasteiger partial charge in [0.05, 0.1) is 5.76 Å². The first-order valence-corrected chi connectivity index (χ1v) is 6.99. The molecule has 17 heavy (non-hydrogen) atoms. The summed E-state index contributed by atoms with van der Waals surface area (Å²) in [5.74, 6) is 0.770. The van der Waals surface area contributed by atoms with E-state index in [0.717, 1.165) is 5.76 Å². The Morgan fingerprint density at radius 1 is 0.882 bits per heavy atom. The van der Waals surface area contributed by atoms with Crippen LogP contribution in [0.25, 0.3) is 0 Å². The molecule has 1 radical (unpaired) electrons. The molecule has 1 nitrogen and oxygen atoms in total. The summed E-state index contributed by atoms with van der Waals surface area (Å²) in [5, 5.41) is 2.48. The molecule has 0 atom stereocenters. The lowest BCUT2D eigenvalue weighted by Crippen LogP contribution is -2.44. The average Bonchev–Trinajstić information content (AvgIpc) is 2.38. The number of benzene rings is 2. The lowest BCUT2D eigenvalue weighted by molar-refractivity contribution is 0.455. The van der Waals surface area contributed by atoms with E-state index in [9.17, 15) is 0 Å². The molecule has 2 aromatic rings. The van der Waals surface area contributed by atoms with Gasteiger partial charge in [0, 0.05) is 0 Å². The van der Waals surface area contributed by atoms with E-state index >= 15 is 0 Å². The average molecular weight is 239 g/mol. The third-order valence-electron chi connectivity index (χ3n) is 2.35. The molecule has 2 rings (SSSR count). The third-order valence-corrected chi connectivity index (χ3v) is 4.62. The molecule has 2 heteroatoms. The second-order valence-corrected chi connectivity index (χ2v) is 5.88. The molecule has 0 spiro atoms. The van der Waals surface area contributed by atoms with Crippen LogP contribution >= 0.6 is 0 Å². The van der Waals surface area contributed by atoms with Crippen molar-refractivity contribution in [1.82, 2.24) is 0 Å². The lowest BCUT2D eigenvalue weighted by atomic mass is 10.4. The Morgan fingerprint density at radius 3 is 1.65 bits per heavy atom. The number of allylic oxidation sites excluding steroid dienone is 1. The van der Waals surface area contributed by atoms with Gasteiger partial charge in [-0.1, -0.05) is 67.2 Å². The van der Waals surface area contributed by atoms with E-state index < -0.39 is 9.04 Å². The quantitative estimate of drug-likeness (QED) is 0.588.